The molecule has 0 saturated carbocycles. The van der Waals surface area contributed by atoms with Crippen molar-refractivity contribution in [1.82, 2.24) is 4.98 Å². The van der Waals surface area contributed by atoms with Crippen LogP contribution in [0, 0.1) is 0 Å². The highest BCUT2D eigenvalue weighted by Crippen LogP contribution is 2.21. The summed E-state index contributed by atoms with van der Waals surface area (Å²) in [4.78, 5) is 18.5. The molecule has 120 valence electrons. The number of aromatic nitrogens is 1. The van der Waals surface area contributed by atoms with Gasteiger partial charge in [-0.3, -0.25) is 9.88 Å². The van der Waals surface area contributed by atoms with Gasteiger partial charge in [0.1, 0.15) is 0 Å². The molecule has 1 aromatic heterocycles. The molecule has 0 aliphatic carbocycles. The number of halogens is 1. The third-order valence-electron chi connectivity index (χ3n) is 3.47. The highest BCUT2D eigenvalue weighted by atomic mass is 35.5. The number of carbonyl (C=O) groups excluding carboxylic acids is 1. The number of hydrogen-bond donors (Lipinski definition) is 1. The first-order valence-electron chi connectivity index (χ1n) is 7.50. The monoisotopic (exact) mass is 337 g/mol. The van der Waals surface area contributed by atoms with Crippen LogP contribution in [0.2, 0.25) is 5.02 Å². The number of carbonyl (C=O) groups is 1. The van der Waals surface area contributed by atoms with Crippen molar-refractivity contribution in [3.8, 4) is 0 Å². The third kappa shape index (κ3) is 4.12. The average Bonchev–Trinajstić information content (AvgIpc) is 2.62. The third-order valence-corrected chi connectivity index (χ3v) is 3.72. The maximum Gasteiger partial charge on any atom is 0.326 e. The predicted octanol–water partition coefficient (Wildman–Crippen LogP) is 4.97. The van der Waals surface area contributed by atoms with Gasteiger partial charge in [0, 0.05) is 28.8 Å². The number of nitrogens with zero attached hydrogens (tertiary/aromatic N) is 2. The number of pyridine rings is 1. The highest BCUT2D eigenvalue weighted by molar-refractivity contribution is 6.30. The molecule has 0 radical (unpaired) electrons. The molecule has 0 aliphatic heterocycles. The van der Waals surface area contributed by atoms with E-state index in [0.29, 0.717) is 11.6 Å². The van der Waals surface area contributed by atoms with Gasteiger partial charge >= 0.3 is 6.03 Å². The van der Waals surface area contributed by atoms with Crippen LogP contribution in [0.4, 0.5) is 16.2 Å². The number of amides is 2. The van der Waals surface area contributed by atoms with E-state index in [4.69, 9.17) is 11.6 Å². The summed E-state index contributed by atoms with van der Waals surface area (Å²) >= 11 is 5.96. The number of urea groups is 1. The Morgan fingerprint density at radius 1 is 1.00 bits per heavy atom. The minimum atomic E-state index is -0.215. The molecule has 0 unspecified atom stereocenters. The zero-order valence-electron chi connectivity index (χ0n) is 12.9. The Morgan fingerprint density at radius 3 is 2.42 bits per heavy atom. The maximum atomic E-state index is 12.8. The van der Waals surface area contributed by atoms with Crippen LogP contribution in [-0.2, 0) is 6.54 Å². The van der Waals surface area contributed by atoms with Gasteiger partial charge in [-0.25, -0.2) is 4.79 Å². The van der Waals surface area contributed by atoms with Crippen molar-refractivity contribution in [2.24, 2.45) is 0 Å². The van der Waals surface area contributed by atoms with Crippen molar-refractivity contribution in [1.29, 1.82) is 0 Å². The molecule has 0 saturated heterocycles. The van der Waals surface area contributed by atoms with Crippen molar-refractivity contribution < 1.29 is 4.79 Å². The lowest BCUT2D eigenvalue weighted by molar-refractivity contribution is 0.256. The van der Waals surface area contributed by atoms with Crippen LogP contribution in [0.3, 0.4) is 0 Å². The number of para-hydroxylation sites is 1. The fourth-order valence-electron chi connectivity index (χ4n) is 2.29. The van der Waals surface area contributed by atoms with Gasteiger partial charge in [-0.15, -0.1) is 0 Å². The average molecular weight is 338 g/mol. The Balaban J connectivity index is 1.86. The largest absolute Gasteiger partial charge is 0.326 e. The van der Waals surface area contributed by atoms with Crippen LogP contribution in [0.25, 0.3) is 0 Å². The molecule has 4 nitrogen and oxygen atoms in total. The molecule has 0 aliphatic rings. The summed E-state index contributed by atoms with van der Waals surface area (Å²) in [6.45, 7) is 0.411. The van der Waals surface area contributed by atoms with Gasteiger partial charge in [0.15, 0.2) is 0 Å². The second-order valence-corrected chi connectivity index (χ2v) is 5.66. The van der Waals surface area contributed by atoms with Crippen molar-refractivity contribution in [2.75, 3.05) is 10.2 Å². The van der Waals surface area contributed by atoms with Crippen LogP contribution < -0.4 is 10.2 Å². The first-order valence-corrected chi connectivity index (χ1v) is 7.88. The van der Waals surface area contributed by atoms with E-state index in [0.717, 1.165) is 16.9 Å². The molecule has 0 atom stereocenters. The topological polar surface area (TPSA) is 45.2 Å². The number of nitrogens with one attached hydrogen (secondary N) is 1. The number of hydrogen-bond acceptors (Lipinski definition) is 2. The van der Waals surface area contributed by atoms with E-state index in [9.17, 15) is 4.79 Å². The van der Waals surface area contributed by atoms with Gasteiger partial charge in [-0.05, 0) is 48.0 Å². The van der Waals surface area contributed by atoms with Crippen LogP contribution >= 0.6 is 11.6 Å². The van der Waals surface area contributed by atoms with Crippen LogP contribution in [0.1, 0.15) is 5.56 Å². The Morgan fingerprint density at radius 2 is 1.75 bits per heavy atom. The zero-order chi connectivity index (χ0) is 16.8. The van der Waals surface area contributed by atoms with Gasteiger partial charge in [-0.2, -0.15) is 0 Å². The summed E-state index contributed by atoms with van der Waals surface area (Å²) in [5, 5.41) is 3.54. The lowest BCUT2D eigenvalue weighted by Gasteiger charge is -2.23. The molecule has 1 heterocycles. The number of rotatable bonds is 4. The van der Waals surface area contributed by atoms with Crippen LogP contribution in [-0.4, -0.2) is 11.0 Å². The minimum Gasteiger partial charge on any atom is -0.308 e. The molecular formula is C19H16ClN3O. The molecule has 3 aromatic rings. The lowest BCUT2D eigenvalue weighted by Crippen LogP contribution is -2.34. The van der Waals surface area contributed by atoms with Crippen molar-refractivity contribution >= 4 is 29.0 Å². The first kappa shape index (κ1) is 16.0. The number of benzene rings is 2. The number of anilines is 2. The van der Waals surface area contributed by atoms with E-state index in [-0.39, 0.29) is 6.03 Å². The van der Waals surface area contributed by atoms with E-state index in [1.165, 1.54) is 0 Å². The van der Waals surface area contributed by atoms with Gasteiger partial charge in [0.25, 0.3) is 0 Å². The smallest absolute Gasteiger partial charge is 0.308 e. The van der Waals surface area contributed by atoms with Crippen LogP contribution in [0.5, 0.6) is 0 Å². The lowest BCUT2D eigenvalue weighted by atomic mass is 10.2. The molecule has 2 amide bonds. The fourth-order valence-corrected chi connectivity index (χ4v) is 2.41. The normalized spacial score (nSPS) is 10.2. The summed E-state index contributed by atoms with van der Waals surface area (Å²) in [7, 11) is 0. The summed E-state index contributed by atoms with van der Waals surface area (Å²) < 4.78 is 0. The Hall–Kier alpha value is -2.85. The van der Waals surface area contributed by atoms with E-state index in [2.05, 4.69) is 10.3 Å². The highest BCUT2D eigenvalue weighted by Gasteiger charge is 2.16. The predicted molar refractivity (Wildman–Crippen MR) is 97.3 cm³/mol. The SMILES string of the molecule is O=C(Nc1ccccc1)N(Cc1cccnc1)c1ccc(Cl)cc1. The summed E-state index contributed by atoms with van der Waals surface area (Å²) in [5.74, 6) is 0. The summed E-state index contributed by atoms with van der Waals surface area (Å²) in [6, 6.07) is 20.1. The molecule has 3 rings (SSSR count). The van der Waals surface area contributed by atoms with Gasteiger partial charge < -0.3 is 5.32 Å². The molecule has 1 N–H and O–H groups in total. The van der Waals surface area contributed by atoms with Crippen LogP contribution in [0.15, 0.2) is 79.1 Å². The Kier molecular flexibility index (Phi) is 5.08. The Bertz CT molecular complexity index is 792. The molecule has 5 heteroatoms. The quantitative estimate of drug-likeness (QED) is 0.730. The zero-order valence-corrected chi connectivity index (χ0v) is 13.6. The molecule has 24 heavy (non-hydrogen) atoms. The van der Waals surface area contributed by atoms with Gasteiger partial charge in [-0.1, -0.05) is 35.9 Å². The summed E-state index contributed by atoms with van der Waals surface area (Å²) in [5.41, 5.74) is 2.44. The summed E-state index contributed by atoms with van der Waals surface area (Å²) in [6.07, 6.45) is 3.46. The second kappa shape index (κ2) is 7.62. The molecule has 0 spiro atoms. The van der Waals surface area contributed by atoms with E-state index in [1.54, 1.807) is 29.4 Å². The first-order chi connectivity index (χ1) is 11.7. The second-order valence-electron chi connectivity index (χ2n) is 5.22. The molecule has 0 bridgehead atoms. The van der Waals surface area contributed by atoms with Crippen molar-refractivity contribution in [2.45, 2.75) is 6.54 Å². The van der Waals surface area contributed by atoms with Crippen molar-refractivity contribution in [3.63, 3.8) is 0 Å². The minimum absolute atomic E-state index is 0.215. The van der Waals surface area contributed by atoms with Gasteiger partial charge in [0.2, 0.25) is 0 Å². The fraction of sp³-hybridized carbons (Fsp3) is 0.0526. The Labute approximate surface area is 145 Å². The molecule has 2 aromatic carbocycles. The van der Waals surface area contributed by atoms with E-state index >= 15 is 0 Å². The molecular weight excluding hydrogens is 322 g/mol. The standard InChI is InChI=1S/C19H16ClN3O/c20-16-8-10-18(11-9-16)23(14-15-5-4-12-21-13-15)19(24)22-17-6-2-1-3-7-17/h1-13H,14H2,(H,22,24). The molecule has 0 fully saturated rings. The maximum absolute atomic E-state index is 12.8. The van der Waals surface area contributed by atoms with E-state index in [1.807, 2.05) is 54.6 Å². The van der Waals surface area contributed by atoms with E-state index < -0.39 is 0 Å². The van der Waals surface area contributed by atoms with Gasteiger partial charge in [0.05, 0.1) is 6.54 Å². The van der Waals surface area contributed by atoms with Crippen molar-refractivity contribution in [3.05, 3.63) is 89.7 Å².